The van der Waals surface area contributed by atoms with Gasteiger partial charge in [-0.05, 0) is 46.3 Å². The van der Waals surface area contributed by atoms with Gasteiger partial charge in [-0.3, -0.25) is 4.90 Å². The average molecular weight is 294 g/mol. The molecule has 0 bridgehead atoms. The molecule has 0 aliphatic carbocycles. The monoisotopic (exact) mass is 294 g/mol. The van der Waals surface area contributed by atoms with Crippen molar-refractivity contribution < 1.29 is 0 Å². The highest BCUT2D eigenvalue weighted by molar-refractivity contribution is 5.09. The van der Waals surface area contributed by atoms with Gasteiger partial charge in [0.25, 0.3) is 0 Å². The van der Waals surface area contributed by atoms with Crippen molar-refractivity contribution in [2.75, 3.05) is 19.6 Å². The van der Waals surface area contributed by atoms with E-state index in [1.807, 2.05) is 6.20 Å². The first-order valence-corrected chi connectivity index (χ1v) is 8.58. The summed E-state index contributed by atoms with van der Waals surface area (Å²) >= 11 is 0. The fourth-order valence-corrected chi connectivity index (χ4v) is 3.28. The first kappa shape index (κ1) is 18.2. The topological polar surface area (TPSA) is 33.1 Å². The van der Waals surface area contributed by atoms with Gasteiger partial charge in [0.15, 0.2) is 0 Å². The second-order valence-electron chi connectivity index (χ2n) is 5.84. The summed E-state index contributed by atoms with van der Waals surface area (Å²) in [5.74, 6) is 1.17. The van der Waals surface area contributed by atoms with Gasteiger partial charge in [0.2, 0.25) is 0 Å². The number of hydrogen-bond donors (Lipinski definition) is 1. The quantitative estimate of drug-likeness (QED) is 0.717. The first-order valence-electron chi connectivity index (χ1n) is 8.58. The van der Waals surface area contributed by atoms with Crippen molar-refractivity contribution in [2.45, 2.75) is 72.5 Å². The Balaban J connectivity index is 3.21. The Morgan fingerprint density at radius 1 is 1.24 bits per heavy atom. The third-order valence-electron chi connectivity index (χ3n) is 4.77. The van der Waals surface area contributed by atoms with E-state index in [0.717, 1.165) is 39.0 Å². The van der Waals surface area contributed by atoms with Crippen LogP contribution in [0.2, 0.25) is 0 Å². The van der Waals surface area contributed by atoms with Crippen molar-refractivity contribution >= 4 is 0 Å². The summed E-state index contributed by atoms with van der Waals surface area (Å²) in [6.45, 7) is 17.7. The van der Waals surface area contributed by atoms with Crippen LogP contribution in [0, 0.1) is 0 Å². The first-order chi connectivity index (χ1) is 10.1. The van der Waals surface area contributed by atoms with Crippen molar-refractivity contribution in [2.24, 2.45) is 0 Å². The molecule has 1 heterocycles. The van der Waals surface area contributed by atoms with E-state index >= 15 is 0 Å². The molecule has 0 fully saturated rings. The van der Waals surface area contributed by atoms with E-state index in [4.69, 9.17) is 0 Å². The highest BCUT2D eigenvalue weighted by atomic mass is 15.2. The van der Waals surface area contributed by atoms with E-state index in [9.17, 15) is 0 Å². The minimum Gasteiger partial charge on any atom is -0.334 e. The van der Waals surface area contributed by atoms with E-state index < -0.39 is 0 Å². The van der Waals surface area contributed by atoms with Crippen LogP contribution in [0.4, 0.5) is 0 Å². The fourth-order valence-electron chi connectivity index (χ4n) is 3.28. The predicted octanol–water partition coefficient (Wildman–Crippen LogP) is 3.45. The number of aryl methyl sites for hydroxylation is 1. The van der Waals surface area contributed by atoms with Gasteiger partial charge in [-0.15, -0.1) is 0 Å². The maximum absolute atomic E-state index is 4.68. The second kappa shape index (κ2) is 8.54. The van der Waals surface area contributed by atoms with Crippen LogP contribution in [0.5, 0.6) is 0 Å². The molecule has 0 spiro atoms. The molecule has 1 N–H and O–H groups in total. The molecule has 1 aromatic heterocycles. The number of hydrogen-bond acceptors (Lipinski definition) is 3. The molecule has 4 heteroatoms. The summed E-state index contributed by atoms with van der Waals surface area (Å²) in [6.07, 6.45) is 6.26. The van der Waals surface area contributed by atoms with Gasteiger partial charge < -0.3 is 9.88 Å². The fraction of sp³-hybridized carbons (Fsp3) is 0.824. The van der Waals surface area contributed by atoms with Crippen LogP contribution >= 0.6 is 0 Å². The van der Waals surface area contributed by atoms with Crippen molar-refractivity contribution in [3.05, 3.63) is 18.2 Å². The van der Waals surface area contributed by atoms with Crippen molar-refractivity contribution in [1.82, 2.24) is 19.8 Å². The Kier molecular flexibility index (Phi) is 7.40. The molecule has 0 radical (unpaired) electrons. The van der Waals surface area contributed by atoms with E-state index in [1.54, 1.807) is 0 Å². The van der Waals surface area contributed by atoms with Crippen LogP contribution in [0.25, 0.3) is 0 Å². The lowest BCUT2D eigenvalue weighted by Gasteiger charge is -2.45. The van der Waals surface area contributed by atoms with Crippen molar-refractivity contribution in [1.29, 1.82) is 0 Å². The third-order valence-corrected chi connectivity index (χ3v) is 4.77. The van der Waals surface area contributed by atoms with Gasteiger partial charge in [0.05, 0.1) is 6.04 Å². The Labute approximate surface area is 130 Å². The summed E-state index contributed by atoms with van der Waals surface area (Å²) < 4.78 is 2.27. The Morgan fingerprint density at radius 2 is 1.90 bits per heavy atom. The smallest absolute Gasteiger partial charge is 0.127 e. The molecule has 0 saturated heterocycles. The highest BCUT2D eigenvalue weighted by Gasteiger charge is 2.39. The molecule has 21 heavy (non-hydrogen) atoms. The standard InChI is InChI=1S/C17H34N4/c1-7-12-18-15(16-19-13-14-20(16)9-3)17(6,8-2)21(10-4)11-5/h13-15,18H,7-12H2,1-6H3. The van der Waals surface area contributed by atoms with Gasteiger partial charge in [-0.1, -0.05) is 27.7 Å². The van der Waals surface area contributed by atoms with Crippen LogP contribution in [0.15, 0.2) is 12.4 Å². The molecular weight excluding hydrogens is 260 g/mol. The highest BCUT2D eigenvalue weighted by Crippen LogP contribution is 2.33. The maximum Gasteiger partial charge on any atom is 0.127 e. The van der Waals surface area contributed by atoms with Gasteiger partial charge in [-0.25, -0.2) is 4.98 Å². The Morgan fingerprint density at radius 3 is 2.38 bits per heavy atom. The van der Waals surface area contributed by atoms with Gasteiger partial charge in [0, 0.05) is 24.5 Å². The van der Waals surface area contributed by atoms with Crippen LogP contribution in [-0.2, 0) is 6.54 Å². The molecule has 1 aromatic rings. The van der Waals surface area contributed by atoms with E-state index in [0.29, 0.717) is 0 Å². The number of imidazole rings is 1. The number of likely N-dealkylation sites (N-methyl/N-ethyl adjacent to an activating group) is 1. The predicted molar refractivity (Wildman–Crippen MR) is 90.6 cm³/mol. The van der Waals surface area contributed by atoms with E-state index in [-0.39, 0.29) is 11.6 Å². The largest absolute Gasteiger partial charge is 0.334 e. The molecule has 2 atom stereocenters. The van der Waals surface area contributed by atoms with Gasteiger partial charge in [0.1, 0.15) is 5.82 Å². The van der Waals surface area contributed by atoms with E-state index in [2.05, 4.69) is 67.5 Å². The van der Waals surface area contributed by atoms with Crippen LogP contribution < -0.4 is 5.32 Å². The molecule has 4 nitrogen and oxygen atoms in total. The summed E-state index contributed by atoms with van der Waals surface area (Å²) in [4.78, 5) is 7.24. The normalized spacial score (nSPS) is 16.1. The van der Waals surface area contributed by atoms with Gasteiger partial charge >= 0.3 is 0 Å². The van der Waals surface area contributed by atoms with Gasteiger partial charge in [-0.2, -0.15) is 0 Å². The van der Waals surface area contributed by atoms with Crippen molar-refractivity contribution in [3.63, 3.8) is 0 Å². The third kappa shape index (κ3) is 3.86. The lowest BCUT2D eigenvalue weighted by molar-refractivity contribution is 0.0652. The zero-order valence-corrected chi connectivity index (χ0v) is 14.8. The van der Waals surface area contributed by atoms with Crippen LogP contribution in [0.3, 0.4) is 0 Å². The number of nitrogens with one attached hydrogen (secondary N) is 1. The maximum atomic E-state index is 4.68. The molecule has 0 aromatic carbocycles. The van der Waals surface area contributed by atoms with E-state index in [1.165, 1.54) is 5.82 Å². The lowest BCUT2D eigenvalue weighted by atomic mass is 9.86. The molecular formula is C17H34N4. The number of nitrogens with zero attached hydrogens (tertiary/aromatic N) is 3. The van der Waals surface area contributed by atoms with Crippen LogP contribution in [-0.4, -0.2) is 39.6 Å². The minimum absolute atomic E-state index is 0.0803. The molecule has 0 aliphatic rings. The summed E-state index contributed by atoms with van der Waals surface area (Å²) in [7, 11) is 0. The van der Waals surface area contributed by atoms with Crippen molar-refractivity contribution in [3.8, 4) is 0 Å². The molecule has 2 unspecified atom stereocenters. The summed E-state index contributed by atoms with van der Waals surface area (Å²) in [5, 5.41) is 3.76. The molecule has 1 rings (SSSR count). The molecule has 0 amide bonds. The zero-order valence-electron chi connectivity index (χ0n) is 14.8. The lowest BCUT2D eigenvalue weighted by Crippen LogP contribution is -2.55. The molecule has 122 valence electrons. The zero-order chi connectivity index (χ0) is 15.9. The second-order valence-corrected chi connectivity index (χ2v) is 5.84. The summed E-state index contributed by atoms with van der Waals surface area (Å²) in [5.41, 5.74) is 0.0803. The molecule has 0 saturated carbocycles. The Bertz CT molecular complexity index is 397. The Hall–Kier alpha value is -0.870. The average Bonchev–Trinajstić information content (AvgIpc) is 2.97. The SMILES string of the molecule is CCCNC(c1nccn1CC)C(C)(CC)N(CC)CC. The number of rotatable bonds is 10. The molecule has 0 aliphatic heterocycles. The summed E-state index contributed by atoms with van der Waals surface area (Å²) in [6, 6.07) is 0.261. The minimum atomic E-state index is 0.0803. The number of aromatic nitrogens is 2. The van der Waals surface area contributed by atoms with Crippen LogP contribution in [0.1, 0.15) is 66.3 Å².